The molecule has 1 aliphatic heterocycles. The zero-order valence-corrected chi connectivity index (χ0v) is 11.4. The van der Waals surface area contributed by atoms with Crippen molar-refractivity contribution < 1.29 is 9.53 Å². The molecular formula is C13H18ClN3O2. The van der Waals surface area contributed by atoms with Crippen LogP contribution in [0.25, 0.3) is 0 Å². The van der Waals surface area contributed by atoms with Crippen molar-refractivity contribution in [3.8, 4) is 0 Å². The highest BCUT2D eigenvalue weighted by Gasteiger charge is 2.13. The highest BCUT2D eigenvalue weighted by molar-refractivity contribution is 6.30. The van der Waals surface area contributed by atoms with Gasteiger partial charge in [0.25, 0.3) is 5.91 Å². The van der Waals surface area contributed by atoms with E-state index in [0.717, 1.165) is 25.9 Å². The van der Waals surface area contributed by atoms with E-state index in [4.69, 9.17) is 16.3 Å². The van der Waals surface area contributed by atoms with Gasteiger partial charge in [-0.25, -0.2) is 4.98 Å². The fourth-order valence-corrected chi connectivity index (χ4v) is 2.06. The van der Waals surface area contributed by atoms with Crippen molar-refractivity contribution in [1.82, 2.24) is 15.6 Å². The summed E-state index contributed by atoms with van der Waals surface area (Å²) in [4.78, 5) is 15.7. The van der Waals surface area contributed by atoms with Crippen molar-refractivity contribution in [3.63, 3.8) is 0 Å². The molecule has 0 unspecified atom stereocenters. The number of carbonyl (C=O) groups excluding carboxylic acids is 1. The molecule has 0 aromatic carbocycles. The summed E-state index contributed by atoms with van der Waals surface area (Å²) >= 11 is 5.71. The fraction of sp³-hybridized carbons (Fsp3) is 0.538. The van der Waals surface area contributed by atoms with Crippen LogP contribution in [0.5, 0.6) is 0 Å². The molecule has 1 aromatic heterocycles. The number of nitrogens with one attached hydrogen (secondary N) is 2. The summed E-state index contributed by atoms with van der Waals surface area (Å²) in [5.41, 5.74) is 0.367. The third kappa shape index (κ3) is 4.78. The highest BCUT2D eigenvalue weighted by Crippen LogP contribution is 2.07. The van der Waals surface area contributed by atoms with E-state index in [1.54, 1.807) is 12.1 Å². The Morgan fingerprint density at radius 2 is 2.26 bits per heavy atom. The van der Waals surface area contributed by atoms with Crippen molar-refractivity contribution in [2.45, 2.75) is 18.9 Å². The molecule has 0 radical (unpaired) electrons. The Hall–Kier alpha value is -1.17. The topological polar surface area (TPSA) is 63.2 Å². The molecule has 2 N–H and O–H groups in total. The van der Waals surface area contributed by atoms with Crippen molar-refractivity contribution in [3.05, 3.63) is 29.0 Å². The molecule has 2 rings (SSSR count). The second-order valence-corrected chi connectivity index (χ2v) is 4.87. The van der Waals surface area contributed by atoms with Crippen LogP contribution in [0.3, 0.4) is 0 Å². The number of aromatic nitrogens is 1. The Balaban J connectivity index is 1.64. The number of ether oxygens (including phenoxy) is 1. The molecule has 5 nitrogen and oxygen atoms in total. The Morgan fingerprint density at radius 1 is 1.47 bits per heavy atom. The SMILES string of the molecule is O=C(NCCOC1CCNCC1)c1ccc(Cl)cn1. The third-order valence-corrected chi connectivity index (χ3v) is 3.21. The highest BCUT2D eigenvalue weighted by atomic mass is 35.5. The average Bonchev–Trinajstić information content (AvgIpc) is 2.45. The van der Waals surface area contributed by atoms with Gasteiger partial charge in [-0.3, -0.25) is 4.79 Å². The molecule has 0 saturated carbocycles. The summed E-state index contributed by atoms with van der Waals surface area (Å²) in [6.07, 6.45) is 3.84. The summed E-state index contributed by atoms with van der Waals surface area (Å²) in [6, 6.07) is 3.25. The molecule has 0 atom stereocenters. The molecule has 104 valence electrons. The first kappa shape index (κ1) is 14.2. The zero-order valence-electron chi connectivity index (χ0n) is 10.7. The molecule has 0 bridgehead atoms. The Morgan fingerprint density at radius 3 is 2.95 bits per heavy atom. The minimum atomic E-state index is -0.203. The number of hydrogen-bond acceptors (Lipinski definition) is 4. The van der Waals surface area contributed by atoms with Gasteiger partial charge in [0.05, 0.1) is 17.7 Å². The average molecular weight is 284 g/mol. The number of piperidine rings is 1. The first-order valence-electron chi connectivity index (χ1n) is 6.48. The number of rotatable bonds is 5. The zero-order chi connectivity index (χ0) is 13.5. The van der Waals surface area contributed by atoms with E-state index in [9.17, 15) is 4.79 Å². The molecule has 2 heterocycles. The molecule has 1 aromatic rings. The lowest BCUT2D eigenvalue weighted by atomic mass is 10.1. The van der Waals surface area contributed by atoms with Gasteiger partial charge in [-0.05, 0) is 38.1 Å². The van der Waals surface area contributed by atoms with Crippen LogP contribution in [0.4, 0.5) is 0 Å². The molecule has 1 saturated heterocycles. The van der Waals surface area contributed by atoms with Crippen LogP contribution < -0.4 is 10.6 Å². The summed E-state index contributed by atoms with van der Waals surface area (Å²) in [6.45, 7) is 3.04. The number of halogens is 1. The first-order valence-corrected chi connectivity index (χ1v) is 6.85. The maximum absolute atomic E-state index is 11.7. The largest absolute Gasteiger partial charge is 0.376 e. The molecular weight excluding hydrogens is 266 g/mol. The van der Waals surface area contributed by atoms with Crippen molar-refractivity contribution in [2.24, 2.45) is 0 Å². The van der Waals surface area contributed by atoms with Crippen molar-refractivity contribution in [1.29, 1.82) is 0 Å². The van der Waals surface area contributed by atoms with Gasteiger partial charge in [0.1, 0.15) is 5.69 Å². The monoisotopic (exact) mass is 283 g/mol. The molecule has 6 heteroatoms. The molecule has 0 spiro atoms. The number of hydrogen-bond donors (Lipinski definition) is 2. The number of pyridine rings is 1. The van der Waals surface area contributed by atoms with E-state index in [1.807, 2.05) is 0 Å². The minimum absolute atomic E-state index is 0.203. The van der Waals surface area contributed by atoms with Crippen molar-refractivity contribution >= 4 is 17.5 Å². The Kier molecular flexibility index (Phi) is 5.57. The summed E-state index contributed by atoms with van der Waals surface area (Å²) < 4.78 is 5.69. The number of nitrogens with zero attached hydrogens (tertiary/aromatic N) is 1. The van der Waals surface area contributed by atoms with Crippen LogP contribution in [0.15, 0.2) is 18.3 Å². The van der Waals surface area contributed by atoms with Gasteiger partial charge in [0.15, 0.2) is 0 Å². The van der Waals surface area contributed by atoms with E-state index in [0.29, 0.717) is 30.0 Å². The van der Waals surface area contributed by atoms with Gasteiger partial charge in [0, 0.05) is 12.7 Å². The maximum atomic E-state index is 11.7. The van der Waals surface area contributed by atoms with Crippen LogP contribution in [-0.2, 0) is 4.74 Å². The van der Waals surface area contributed by atoms with E-state index < -0.39 is 0 Å². The fourth-order valence-electron chi connectivity index (χ4n) is 1.95. The van der Waals surface area contributed by atoms with Gasteiger partial charge in [0.2, 0.25) is 0 Å². The predicted octanol–water partition coefficient (Wildman–Crippen LogP) is 1.23. The van der Waals surface area contributed by atoms with Gasteiger partial charge in [-0.15, -0.1) is 0 Å². The molecule has 19 heavy (non-hydrogen) atoms. The standard InChI is InChI=1S/C13H18ClN3O2/c14-10-1-2-12(17-9-10)13(18)16-7-8-19-11-3-5-15-6-4-11/h1-2,9,11,15H,3-8H2,(H,16,18). The molecule has 1 amide bonds. The van der Waals surface area contributed by atoms with E-state index in [1.165, 1.54) is 6.20 Å². The van der Waals surface area contributed by atoms with E-state index in [2.05, 4.69) is 15.6 Å². The molecule has 1 aliphatic rings. The first-order chi connectivity index (χ1) is 9.25. The van der Waals surface area contributed by atoms with E-state index in [-0.39, 0.29) is 5.91 Å². The minimum Gasteiger partial charge on any atom is -0.376 e. The quantitative estimate of drug-likeness (QED) is 0.798. The number of carbonyl (C=O) groups is 1. The Labute approximate surface area is 117 Å². The van der Waals surface area contributed by atoms with Gasteiger partial charge in [-0.2, -0.15) is 0 Å². The second kappa shape index (κ2) is 7.43. The van der Waals surface area contributed by atoms with Crippen LogP contribution >= 0.6 is 11.6 Å². The molecule has 0 aliphatic carbocycles. The Bertz CT molecular complexity index is 405. The van der Waals surface area contributed by atoms with Crippen molar-refractivity contribution in [2.75, 3.05) is 26.2 Å². The predicted molar refractivity (Wildman–Crippen MR) is 73.4 cm³/mol. The van der Waals surface area contributed by atoms with Gasteiger partial charge in [-0.1, -0.05) is 11.6 Å². The summed E-state index contributed by atoms with van der Waals surface area (Å²) in [5, 5.41) is 6.57. The second-order valence-electron chi connectivity index (χ2n) is 4.44. The van der Waals surface area contributed by atoms with Crippen LogP contribution in [0, 0.1) is 0 Å². The normalized spacial score (nSPS) is 16.3. The lowest BCUT2D eigenvalue weighted by Gasteiger charge is -2.22. The maximum Gasteiger partial charge on any atom is 0.269 e. The van der Waals surface area contributed by atoms with Crippen LogP contribution in [-0.4, -0.2) is 43.2 Å². The lowest BCUT2D eigenvalue weighted by Crippen LogP contribution is -2.35. The van der Waals surface area contributed by atoms with Crippen LogP contribution in [0.2, 0.25) is 5.02 Å². The number of amides is 1. The smallest absolute Gasteiger partial charge is 0.269 e. The molecule has 1 fully saturated rings. The van der Waals surface area contributed by atoms with Crippen LogP contribution in [0.1, 0.15) is 23.3 Å². The van der Waals surface area contributed by atoms with Gasteiger partial charge >= 0.3 is 0 Å². The summed E-state index contributed by atoms with van der Waals surface area (Å²) in [7, 11) is 0. The summed E-state index contributed by atoms with van der Waals surface area (Å²) in [5.74, 6) is -0.203. The van der Waals surface area contributed by atoms with E-state index >= 15 is 0 Å². The third-order valence-electron chi connectivity index (χ3n) is 2.99. The van der Waals surface area contributed by atoms with Gasteiger partial charge < -0.3 is 15.4 Å². The lowest BCUT2D eigenvalue weighted by molar-refractivity contribution is 0.0343.